The van der Waals surface area contributed by atoms with Gasteiger partial charge >= 0.3 is 0 Å². The Labute approximate surface area is 360 Å². The molecule has 0 amide bonds. The Balaban J connectivity index is 1.04. The third-order valence-corrected chi connectivity index (χ3v) is 13.4. The smallest absolute Gasteiger partial charge is 0.164 e. The second-order valence-corrected chi connectivity index (χ2v) is 16.6. The molecule has 10 aromatic rings. The maximum atomic E-state index is 5.39. The predicted molar refractivity (Wildman–Crippen MR) is 252 cm³/mol. The summed E-state index contributed by atoms with van der Waals surface area (Å²) in [5.41, 5.74) is 22.4. The lowest BCUT2D eigenvalue weighted by Crippen LogP contribution is -2.29. The Morgan fingerprint density at radius 3 is 1.37 bits per heavy atom. The summed E-state index contributed by atoms with van der Waals surface area (Å²) < 4.78 is 0. The average molecular weight is 788 g/mol. The molecule has 13 rings (SSSR count). The summed E-state index contributed by atoms with van der Waals surface area (Å²) in [4.78, 5) is 16.0. The molecule has 0 unspecified atom stereocenters. The molecule has 9 aromatic carbocycles. The zero-order chi connectivity index (χ0) is 40.8. The van der Waals surface area contributed by atoms with Gasteiger partial charge in [0, 0.05) is 16.7 Å². The van der Waals surface area contributed by atoms with Crippen molar-refractivity contribution >= 4 is 0 Å². The van der Waals surface area contributed by atoms with Crippen molar-refractivity contribution in [3.05, 3.63) is 246 Å². The summed E-state index contributed by atoms with van der Waals surface area (Å²) in [6.07, 6.45) is 0.897. The zero-order valence-corrected chi connectivity index (χ0v) is 33.8. The fourth-order valence-electron chi connectivity index (χ4n) is 10.8. The van der Waals surface area contributed by atoms with Crippen molar-refractivity contribution in [1.29, 1.82) is 0 Å². The van der Waals surface area contributed by atoms with Crippen LogP contribution < -0.4 is 0 Å². The molecule has 3 nitrogen and oxygen atoms in total. The first kappa shape index (κ1) is 34.8. The number of nitrogens with zero attached hydrogens (tertiary/aromatic N) is 3. The molecule has 0 N–H and O–H groups in total. The van der Waals surface area contributed by atoms with E-state index in [1.165, 1.54) is 83.5 Å². The second-order valence-electron chi connectivity index (χ2n) is 16.6. The first-order chi connectivity index (χ1) is 30.7. The SMILES string of the molecule is c1ccc(-c2ccc(-c3nc(-c4ccc5c(c4)-c4ccccc4C54c5ccccc5-c5ccccc5-c5ccccc54)nc(-c4cccc5c4-c4ccccc4C5)n3)cc2)cc1. The van der Waals surface area contributed by atoms with Gasteiger partial charge in [-0.1, -0.05) is 206 Å². The molecule has 0 aliphatic heterocycles. The van der Waals surface area contributed by atoms with Gasteiger partial charge in [0.2, 0.25) is 0 Å². The van der Waals surface area contributed by atoms with Crippen LogP contribution in [-0.4, -0.2) is 15.0 Å². The van der Waals surface area contributed by atoms with Crippen LogP contribution in [0.1, 0.15) is 33.4 Å². The molecule has 3 aliphatic carbocycles. The fraction of sp³-hybridized carbons (Fsp3) is 0.0339. The lowest BCUT2D eigenvalue weighted by atomic mass is 9.66. The lowest BCUT2D eigenvalue weighted by molar-refractivity contribution is 0.775. The van der Waals surface area contributed by atoms with E-state index in [-0.39, 0.29) is 0 Å². The normalized spacial score (nSPS) is 13.2. The van der Waals surface area contributed by atoms with Crippen LogP contribution in [0.4, 0.5) is 0 Å². The Morgan fingerprint density at radius 2 is 0.710 bits per heavy atom. The molecule has 3 heteroatoms. The van der Waals surface area contributed by atoms with E-state index in [1.807, 2.05) is 0 Å². The second kappa shape index (κ2) is 13.5. The molecular weight excluding hydrogens is 751 g/mol. The predicted octanol–water partition coefficient (Wildman–Crippen LogP) is 14.1. The molecule has 288 valence electrons. The van der Waals surface area contributed by atoms with Gasteiger partial charge in [-0.3, -0.25) is 0 Å². The van der Waals surface area contributed by atoms with E-state index >= 15 is 0 Å². The largest absolute Gasteiger partial charge is 0.208 e. The molecule has 0 atom stereocenters. The number of benzene rings is 9. The molecule has 1 aromatic heterocycles. The summed E-state index contributed by atoms with van der Waals surface area (Å²) in [5, 5.41) is 0. The molecule has 0 radical (unpaired) electrons. The highest BCUT2D eigenvalue weighted by molar-refractivity contribution is 5.98. The lowest BCUT2D eigenvalue weighted by Gasteiger charge is -2.35. The van der Waals surface area contributed by atoms with Gasteiger partial charge < -0.3 is 0 Å². The van der Waals surface area contributed by atoms with Gasteiger partial charge in [0.15, 0.2) is 17.5 Å². The molecule has 0 saturated carbocycles. The van der Waals surface area contributed by atoms with Crippen LogP contribution in [0, 0.1) is 0 Å². The Kier molecular flexibility index (Phi) is 7.58. The maximum absolute atomic E-state index is 5.39. The highest BCUT2D eigenvalue weighted by atomic mass is 15.0. The summed E-state index contributed by atoms with van der Waals surface area (Å²) in [5.74, 6) is 1.97. The van der Waals surface area contributed by atoms with Crippen LogP contribution >= 0.6 is 0 Å². The minimum absolute atomic E-state index is 0.551. The van der Waals surface area contributed by atoms with Crippen LogP contribution in [0.15, 0.2) is 212 Å². The molecule has 62 heavy (non-hydrogen) atoms. The van der Waals surface area contributed by atoms with E-state index in [0.717, 1.165) is 28.7 Å². The average Bonchev–Trinajstić information content (AvgIpc) is 3.84. The molecule has 1 heterocycles. The highest BCUT2D eigenvalue weighted by Gasteiger charge is 2.49. The van der Waals surface area contributed by atoms with Gasteiger partial charge in [0.1, 0.15) is 0 Å². The van der Waals surface area contributed by atoms with Crippen molar-refractivity contribution in [2.45, 2.75) is 11.8 Å². The van der Waals surface area contributed by atoms with E-state index in [2.05, 4.69) is 212 Å². The summed E-state index contributed by atoms with van der Waals surface area (Å²) in [6, 6.07) is 77.2. The third-order valence-electron chi connectivity index (χ3n) is 13.4. The Bertz CT molecular complexity index is 3370. The van der Waals surface area contributed by atoms with Crippen molar-refractivity contribution in [2.24, 2.45) is 0 Å². The maximum Gasteiger partial charge on any atom is 0.164 e. The van der Waals surface area contributed by atoms with Gasteiger partial charge in [-0.2, -0.15) is 0 Å². The van der Waals surface area contributed by atoms with Gasteiger partial charge in [0.05, 0.1) is 5.41 Å². The summed E-state index contributed by atoms with van der Waals surface area (Å²) >= 11 is 0. The van der Waals surface area contributed by atoms with Gasteiger partial charge in [-0.25, -0.2) is 15.0 Å². The minimum Gasteiger partial charge on any atom is -0.208 e. The first-order valence-corrected chi connectivity index (χ1v) is 21.4. The molecule has 0 bridgehead atoms. The topological polar surface area (TPSA) is 38.7 Å². The van der Waals surface area contributed by atoms with E-state index in [9.17, 15) is 0 Å². The number of rotatable bonds is 4. The number of aromatic nitrogens is 3. The van der Waals surface area contributed by atoms with Crippen LogP contribution in [-0.2, 0) is 11.8 Å². The third kappa shape index (κ3) is 5.03. The van der Waals surface area contributed by atoms with Crippen LogP contribution in [0.25, 0.3) is 89.8 Å². The van der Waals surface area contributed by atoms with E-state index < -0.39 is 5.41 Å². The Morgan fingerprint density at radius 1 is 0.274 bits per heavy atom. The van der Waals surface area contributed by atoms with Crippen LogP contribution in [0.2, 0.25) is 0 Å². The van der Waals surface area contributed by atoms with Crippen molar-refractivity contribution < 1.29 is 0 Å². The van der Waals surface area contributed by atoms with Crippen molar-refractivity contribution in [3.63, 3.8) is 0 Å². The number of fused-ring (bicyclic) bond motifs is 15. The van der Waals surface area contributed by atoms with E-state index in [4.69, 9.17) is 15.0 Å². The number of hydrogen-bond donors (Lipinski definition) is 0. The first-order valence-electron chi connectivity index (χ1n) is 21.4. The van der Waals surface area contributed by atoms with Crippen molar-refractivity contribution in [3.8, 4) is 89.8 Å². The van der Waals surface area contributed by atoms with Crippen molar-refractivity contribution in [2.75, 3.05) is 0 Å². The fourth-order valence-corrected chi connectivity index (χ4v) is 10.8. The highest BCUT2D eigenvalue weighted by Crippen LogP contribution is 2.61. The van der Waals surface area contributed by atoms with Gasteiger partial charge in [-0.05, 0) is 102 Å². The van der Waals surface area contributed by atoms with E-state index in [0.29, 0.717) is 17.5 Å². The zero-order valence-electron chi connectivity index (χ0n) is 33.8. The molecular formula is C59H37N3. The summed E-state index contributed by atoms with van der Waals surface area (Å²) in [7, 11) is 0. The van der Waals surface area contributed by atoms with Crippen molar-refractivity contribution in [1.82, 2.24) is 15.0 Å². The molecule has 0 saturated heterocycles. The molecule has 1 spiro atoms. The molecule has 3 aliphatic rings. The standard InChI is InChI=1S/C59H37N3/c1-2-15-37(16-3-1)38-29-31-39(32-30-38)56-60-57(62-58(61-56)49-25-14-18-41-35-40-17-4-5-19-43(40)55(41)49)42-33-34-54-50(36-42)48-24-10-13-28-53(48)59(54)51-26-11-8-22-46(51)44-20-6-7-21-45(44)47-23-9-12-27-52(47)59/h1-34,36H,35H2. The minimum atomic E-state index is -0.551. The van der Waals surface area contributed by atoms with Crippen LogP contribution in [0.3, 0.4) is 0 Å². The van der Waals surface area contributed by atoms with E-state index in [1.54, 1.807) is 0 Å². The summed E-state index contributed by atoms with van der Waals surface area (Å²) in [6.45, 7) is 0. The van der Waals surface area contributed by atoms with Gasteiger partial charge in [0.25, 0.3) is 0 Å². The number of hydrogen-bond acceptors (Lipinski definition) is 3. The monoisotopic (exact) mass is 787 g/mol. The molecule has 0 fully saturated rings. The quantitative estimate of drug-likeness (QED) is 0.178. The van der Waals surface area contributed by atoms with Crippen LogP contribution in [0.5, 0.6) is 0 Å². The Hall–Kier alpha value is -8.01. The van der Waals surface area contributed by atoms with Gasteiger partial charge in [-0.15, -0.1) is 0 Å².